The van der Waals surface area contributed by atoms with E-state index >= 15 is 0 Å². The van der Waals surface area contributed by atoms with Gasteiger partial charge in [-0.25, -0.2) is 18.1 Å². The Hall–Kier alpha value is -2.36. The van der Waals surface area contributed by atoms with Crippen LogP contribution in [-0.4, -0.2) is 39.1 Å². The quantitative estimate of drug-likeness (QED) is 0.756. The van der Waals surface area contributed by atoms with Gasteiger partial charge in [0.05, 0.1) is 6.54 Å². The number of carbonyl (C=O) groups is 1. The monoisotopic (exact) mass is 383 g/mol. The molecule has 0 aliphatic carbocycles. The number of aromatic nitrogens is 1. The SMILES string of the molecule is O=C(CNS(=O)(=O)c1ccc(Cl)nc1)Nc1ccc2c(c1)OCCO2. The molecule has 3 rings (SSSR count). The van der Waals surface area contributed by atoms with Crippen LogP contribution in [0.2, 0.25) is 5.15 Å². The standard InChI is InChI=1S/C15H14ClN3O5S/c16-14-4-2-11(8-17-14)25(21,22)18-9-15(20)19-10-1-3-12-13(7-10)24-6-5-23-12/h1-4,7-8,18H,5-6,9H2,(H,19,20). The van der Waals surface area contributed by atoms with Crippen LogP contribution >= 0.6 is 11.6 Å². The topological polar surface area (TPSA) is 107 Å². The maximum atomic E-state index is 12.1. The van der Waals surface area contributed by atoms with Gasteiger partial charge in [0.1, 0.15) is 23.3 Å². The summed E-state index contributed by atoms with van der Waals surface area (Å²) in [6.07, 6.45) is 1.11. The number of sulfonamides is 1. The van der Waals surface area contributed by atoms with Crippen molar-refractivity contribution in [3.8, 4) is 11.5 Å². The zero-order valence-electron chi connectivity index (χ0n) is 12.9. The van der Waals surface area contributed by atoms with E-state index in [0.717, 1.165) is 6.20 Å². The van der Waals surface area contributed by atoms with E-state index in [0.29, 0.717) is 30.4 Å². The van der Waals surface area contributed by atoms with Crippen molar-refractivity contribution in [3.05, 3.63) is 41.7 Å². The molecule has 2 aromatic rings. The second kappa shape index (κ2) is 7.26. The van der Waals surface area contributed by atoms with Crippen LogP contribution in [0.25, 0.3) is 0 Å². The van der Waals surface area contributed by atoms with Crippen LogP contribution in [0.1, 0.15) is 0 Å². The molecule has 2 heterocycles. The summed E-state index contributed by atoms with van der Waals surface area (Å²) in [5.74, 6) is 0.597. The number of hydrogen-bond acceptors (Lipinski definition) is 6. The maximum Gasteiger partial charge on any atom is 0.242 e. The van der Waals surface area contributed by atoms with Crippen molar-refractivity contribution in [1.29, 1.82) is 0 Å². The number of rotatable bonds is 5. The van der Waals surface area contributed by atoms with Crippen molar-refractivity contribution >= 4 is 33.2 Å². The molecule has 0 saturated carbocycles. The van der Waals surface area contributed by atoms with Gasteiger partial charge in [0.15, 0.2) is 11.5 Å². The molecule has 0 atom stereocenters. The van der Waals surface area contributed by atoms with Crippen LogP contribution in [0.4, 0.5) is 5.69 Å². The van der Waals surface area contributed by atoms with E-state index in [9.17, 15) is 13.2 Å². The Morgan fingerprint density at radius 3 is 2.64 bits per heavy atom. The second-order valence-corrected chi connectivity index (χ2v) is 7.20. The summed E-state index contributed by atoms with van der Waals surface area (Å²) in [6.45, 7) is 0.471. The molecule has 0 radical (unpaired) electrons. The van der Waals surface area contributed by atoms with Crippen LogP contribution in [0.15, 0.2) is 41.4 Å². The largest absolute Gasteiger partial charge is 0.486 e. The summed E-state index contributed by atoms with van der Waals surface area (Å²) in [4.78, 5) is 15.6. The minimum atomic E-state index is -3.86. The number of benzene rings is 1. The molecule has 132 valence electrons. The highest BCUT2D eigenvalue weighted by molar-refractivity contribution is 7.89. The Kier molecular flexibility index (Phi) is 5.07. The Balaban J connectivity index is 1.60. The smallest absolute Gasteiger partial charge is 0.242 e. The molecule has 1 amide bonds. The second-order valence-electron chi connectivity index (χ2n) is 5.05. The average Bonchev–Trinajstić information content (AvgIpc) is 2.60. The van der Waals surface area contributed by atoms with Crippen molar-refractivity contribution < 1.29 is 22.7 Å². The summed E-state index contributed by atoms with van der Waals surface area (Å²) >= 11 is 5.62. The number of pyridine rings is 1. The first kappa shape index (κ1) is 17.5. The van der Waals surface area contributed by atoms with E-state index in [-0.39, 0.29) is 10.0 Å². The van der Waals surface area contributed by atoms with Gasteiger partial charge in [-0.15, -0.1) is 0 Å². The number of fused-ring (bicyclic) bond motifs is 1. The number of nitrogens with zero attached hydrogens (tertiary/aromatic N) is 1. The first-order chi connectivity index (χ1) is 11.9. The Labute approximate surface area is 149 Å². The maximum absolute atomic E-state index is 12.1. The molecule has 1 aromatic heterocycles. The molecule has 25 heavy (non-hydrogen) atoms. The zero-order valence-corrected chi connectivity index (χ0v) is 14.4. The number of hydrogen-bond donors (Lipinski definition) is 2. The van der Waals surface area contributed by atoms with E-state index in [4.69, 9.17) is 21.1 Å². The van der Waals surface area contributed by atoms with E-state index in [2.05, 4.69) is 15.0 Å². The number of amides is 1. The highest BCUT2D eigenvalue weighted by atomic mass is 35.5. The lowest BCUT2D eigenvalue weighted by molar-refractivity contribution is -0.115. The highest BCUT2D eigenvalue weighted by Gasteiger charge is 2.17. The molecule has 10 heteroatoms. The Morgan fingerprint density at radius 1 is 1.16 bits per heavy atom. The van der Waals surface area contributed by atoms with Crippen molar-refractivity contribution in [2.45, 2.75) is 4.90 Å². The first-order valence-corrected chi connectivity index (χ1v) is 9.11. The van der Waals surface area contributed by atoms with Gasteiger partial charge in [0, 0.05) is 18.0 Å². The van der Waals surface area contributed by atoms with Gasteiger partial charge >= 0.3 is 0 Å². The fraction of sp³-hybridized carbons (Fsp3) is 0.200. The molecule has 8 nitrogen and oxygen atoms in total. The number of carbonyl (C=O) groups excluding carboxylic acids is 1. The van der Waals surface area contributed by atoms with Crippen molar-refractivity contribution in [2.75, 3.05) is 25.1 Å². The van der Waals surface area contributed by atoms with Gasteiger partial charge in [-0.05, 0) is 24.3 Å². The lowest BCUT2D eigenvalue weighted by Gasteiger charge is -2.19. The van der Waals surface area contributed by atoms with E-state index in [1.807, 2.05) is 0 Å². The predicted octanol–water partition coefficient (Wildman–Crippen LogP) is 1.42. The van der Waals surface area contributed by atoms with E-state index < -0.39 is 22.5 Å². The molecule has 0 bridgehead atoms. The summed E-state index contributed by atoms with van der Waals surface area (Å²) in [5.41, 5.74) is 0.474. The minimum Gasteiger partial charge on any atom is -0.486 e. The lowest BCUT2D eigenvalue weighted by Crippen LogP contribution is -2.33. The van der Waals surface area contributed by atoms with Gasteiger partial charge in [-0.3, -0.25) is 4.79 Å². The van der Waals surface area contributed by atoms with Crippen molar-refractivity contribution in [3.63, 3.8) is 0 Å². The number of halogens is 1. The van der Waals surface area contributed by atoms with Crippen LogP contribution in [0, 0.1) is 0 Å². The molecular formula is C15H14ClN3O5S. The van der Waals surface area contributed by atoms with E-state index in [1.165, 1.54) is 12.1 Å². The molecule has 0 unspecified atom stereocenters. The fourth-order valence-electron chi connectivity index (χ4n) is 2.09. The van der Waals surface area contributed by atoms with Crippen molar-refractivity contribution in [1.82, 2.24) is 9.71 Å². The third-order valence-electron chi connectivity index (χ3n) is 3.26. The van der Waals surface area contributed by atoms with Gasteiger partial charge in [-0.1, -0.05) is 11.6 Å². The van der Waals surface area contributed by atoms with Crippen LogP contribution in [0.3, 0.4) is 0 Å². The molecule has 1 aliphatic heterocycles. The molecule has 2 N–H and O–H groups in total. The van der Waals surface area contributed by atoms with Gasteiger partial charge in [-0.2, -0.15) is 0 Å². The summed E-state index contributed by atoms with van der Waals surface area (Å²) in [7, 11) is -3.86. The van der Waals surface area contributed by atoms with Crippen LogP contribution < -0.4 is 19.5 Å². The van der Waals surface area contributed by atoms with Crippen molar-refractivity contribution in [2.24, 2.45) is 0 Å². The van der Waals surface area contributed by atoms with E-state index in [1.54, 1.807) is 18.2 Å². The Morgan fingerprint density at radius 2 is 1.92 bits per heavy atom. The van der Waals surface area contributed by atoms with Crippen LogP contribution in [0.5, 0.6) is 11.5 Å². The van der Waals surface area contributed by atoms with Gasteiger partial charge in [0.2, 0.25) is 15.9 Å². The van der Waals surface area contributed by atoms with Crippen LogP contribution in [-0.2, 0) is 14.8 Å². The zero-order chi connectivity index (χ0) is 17.9. The first-order valence-electron chi connectivity index (χ1n) is 7.25. The minimum absolute atomic E-state index is 0.0796. The number of anilines is 1. The average molecular weight is 384 g/mol. The molecule has 0 fully saturated rings. The molecule has 0 spiro atoms. The Bertz CT molecular complexity index is 887. The molecule has 1 aliphatic rings. The summed E-state index contributed by atoms with van der Waals surface area (Å²) < 4.78 is 37.2. The highest BCUT2D eigenvalue weighted by Crippen LogP contribution is 2.32. The normalized spacial score (nSPS) is 13.3. The third-order valence-corrected chi connectivity index (χ3v) is 4.87. The number of ether oxygens (including phenoxy) is 2. The molecule has 1 aromatic carbocycles. The third kappa shape index (κ3) is 4.38. The number of nitrogens with one attached hydrogen (secondary N) is 2. The predicted molar refractivity (Wildman–Crippen MR) is 90.5 cm³/mol. The van der Waals surface area contributed by atoms with Gasteiger partial charge in [0.25, 0.3) is 0 Å². The molecular weight excluding hydrogens is 370 g/mol. The van der Waals surface area contributed by atoms with Gasteiger partial charge < -0.3 is 14.8 Å². The lowest BCUT2D eigenvalue weighted by atomic mass is 10.2. The fourth-order valence-corrected chi connectivity index (χ4v) is 3.13. The summed E-state index contributed by atoms with van der Waals surface area (Å²) in [6, 6.07) is 7.59. The summed E-state index contributed by atoms with van der Waals surface area (Å²) in [5, 5.41) is 2.76. The molecule has 0 saturated heterocycles.